The van der Waals surface area contributed by atoms with Crippen molar-refractivity contribution in [1.82, 2.24) is 20.9 Å². The predicted molar refractivity (Wildman–Crippen MR) is 258 cm³/mol. The number of carbonyl (C=O) groups is 7. The molecule has 19 heteroatoms. The zero-order chi connectivity index (χ0) is 49.6. The number of alkyl halides is 1. The van der Waals surface area contributed by atoms with E-state index in [1.54, 1.807) is 19.1 Å². The number of thioether (sulfide) groups is 1. The molecule has 3 aliphatic heterocycles. The van der Waals surface area contributed by atoms with Gasteiger partial charge >= 0.3 is 6.03 Å². The third-order valence-electron chi connectivity index (χ3n) is 13.4. The average Bonchev–Trinajstić information content (AvgIpc) is 3.77. The molecule has 2 saturated heterocycles. The topological polar surface area (TPSA) is 247 Å². The van der Waals surface area contributed by atoms with E-state index in [4.69, 9.17) is 22.1 Å². The summed E-state index contributed by atoms with van der Waals surface area (Å²) in [5.41, 5.74) is 6.32. The number of likely N-dealkylation sites (tertiary alicyclic amines) is 1. The number of unbranched alkanes of at least 4 members (excludes halogenated alkanes) is 2. The zero-order valence-electron chi connectivity index (χ0n) is 40.2. The van der Waals surface area contributed by atoms with Crippen LogP contribution in [-0.4, -0.2) is 141 Å². The fourth-order valence-corrected chi connectivity index (χ4v) is 10.8. The van der Waals surface area contributed by atoms with Gasteiger partial charge in [-0.05, 0) is 63.3 Å². The minimum absolute atomic E-state index is 0.152. The first-order valence-electron chi connectivity index (χ1n) is 23.8. The van der Waals surface area contributed by atoms with E-state index in [2.05, 4.69) is 35.2 Å². The first-order valence-corrected chi connectivity index (χ1v) is 25.5. The van der Waals surface area contributed by atoms with Crippen LogP contribution in [0.4, 0.5) is 10.5 Å². The smallest absolute Gasteiger partial charge is 0.312 e. The van der Waals surface area contributed by atoms with Crippen molar-refractivity contribution in [3.8, 4) is 0 Å². The molecule has 12 atom stereocenters. The Balaban J connectivity index is 1.40. The van der Waals surface area contributed by atoms with Crippen LogP contribution < -0.4 is 27.0 Å². The molecule has 0 saturated carbocycles. The van der Waals surface area contributed by atoms with Crippen LogP contribution >= 0.6 is 23.4 Å². The maximum Gasteiger partial charge on any atom is 0.312 e. The number of nitrogens with zero attached hydrogens (tertiary/aromatic N) is 2. The fraction of sp³-hybridized carbons (Fsp3) is 0.688. The molecule has 67 heavy (non-hydrogen) atoms. The number of ether oxygens (including phenoxy) is 1. The van der Waals surface area contributed by atoms with Crippen LogP contribution in [0.2, 0.25) is 0 Å². The van der Waals surface area contributed by atoms with E-state index in [9.17, 15) is 43.8 Å². The van der Waals surface area contributed by atoms with Gasteiger partial charge in [-0.2, -0.15) is 0 Å². The Hall–Kier alpha value is -4.07. The molecular formula is C48H75ClN7O10S+. The van der Waals surface area contributed by atoms with Gasteiger partial charge in [0.25, 0.3) is 17.7 Å². The Labute approximate surface area is 405 Å². The molecule has 3 heterocycles. The Kier molecular flexibility index (Phi) is 21.6. The van der Waals surface area contributed by atoms with Gasteiger partial charge in [-0.1, -0.05) is 52.7 Å². The predicted octanol–water partition coefficient (Wildman–Crippen LogP) is 3.97. The van der Waals surface area contributed by atoms with Gasteiger partial charge in [0.2, 0.25) is 11.8 Å². The van der Waals surface area contributed by atoms with Crippen molar-refractivity contribution in [1.29, 1.82) is 0 Å². The first kappa shape index (κ1) is 55.5. The van der Waals surface area contributed by atoms with E-state index in [0.717, 1.165) is 29.8 Å². The molecule has 1 aromatic rings. The molecule has 8 N–H and O–H groups in total. The van der Waals surface area contributed by atoms with Crippen LogP contribution in [0.15, 0.2) is 36.4 Å². The number of Topliss-reactive ketones (excluding diaryl/α,β-unsaturated/α-hetero) is 1. The summed E-state index contributed by atoms with van der Waals surface area (Å²) >= 11 is 8.11. The second-order valence-corrected chi connectivity index (χ2v) is 20.9. The Morgan fingerprint density at radius 1 is 0.985 bits per heavy atom. The van der Waals surface area contributed by atoms with Crippen molar-refractivity contribution in [3.05, 3.63) is 42.0 Å². The Bertz CT molecular complexity index is 1890. The number of likely N-dealkylation sites (N-methyl/N-ethyl adjacent to an activating group) is 1. The summed E-state index contributed by atoms with van der Waals surface area (Å²) in [6, 6.07) is 4.67. The molecule has 2 fully saturated rings. The fourth-order valence-electron chi connectivity index (χ4n) is 9.71. The van der Waals surface area contributed by atoms with Crippen molar-refractivity contribution in [3.63, 3.8) is 0 Å². The Morgan fingerprint density at radius 2 is 1.66 bits per heavy atom. The second-order valence-electron chi connectivity index (χ2n) is 19.2. The number of anilines is 1. The van der Waals surface area contributed by atoms with Crippen molar-refractivity contribution >= 4 is 70.4 Å². The summed E-state index contributed by atoms with van der Waals surface area (Å²) < 4.78 is 6.67. The highest BCUT2D eigenvalue weighted by Crippen LogP contribution is 2.37. The SMILES string of the molecule is CCC[C@@H]1C[C@@H](C(=O)NC([C@H](C)Cl)[C@H]2O[C@H](SC)[C@H](C)[C@@H](O)[C@H]2O)[N+](C)(Cc2ccc(NC(=O)[C@H](CCCNC(N)=O)CC(=O)[C@@H](NC(=O)CCCCCN3C(=O)C=CC3=O)C(C)C)cc2)C1. The summed E-state index contributed by atoms with van der Waals surface area (Å²) in [6.07, 6.45) is 6.04. The number of carbonyl (C=O) groups excluding carboxylic acids is 7. The maximum absolute atomic E-state index is 14.3. The summed E-state index contributed by atoms with van der Waals surface area (Å²) in [5.74, 6) is -2.95. The molecular weight excluding hydrogens is 902 g/mol. The third-order valence-corrected chi connectivity index (χ3v) is 14.7. The number of nitrogens with one attached hydrogen (secondary N) is 4. The molecule has 17 nitrogen and oxygen atoms in total. The van der Waals surface area contributed by atoms with E-state index in [1.165, 1.54) is 23.9 Å². The number of aliphatic hydroxyl groups is 2. The van der Waals surface area contributed by atoms with E-state index < -0.39 is 59.7 Å². The quantitative estimate of drug-likeness (QED) is 0.0303. The highest BCUT2D eigenvalue weighted by atomic mass is 35.5. The van der Waals surface area contributed by atoms with Gasteiger partial charge in [-0.25, -0.2) is 4.79 Å². The highest BCUT2D eigenvalue weighted by molar-refractivity contribution is 7.99. The lowest BCUT2D eigenvalue weighted by Gasteiger charge is -2.45. The van der Waals surface area contributed by atoms with Gasteiger partial charge in [0.1, 0.15) is 24.2 Å². The number of primary amides is 1. The molecule has 0 bridgehead atoms. The summed E-state index contributed by atoms with van der Waals surface area (Å²) in [4.78, 5) is 91.1. The van der Waals surface area contributed by atoms with Gasteiger partial charge < -0.3 is 46.4 Å². The molecule has 7 amide bonds. The van der Waals surface area contributed by atoms with Crippen molar-refractivity contribution < 1.29 is 53.0 Å². The van der Waals surface area contributed by atoms with Crippen LogP contribution in [0.25, 0.3) is 0 Å². The number of amides is 7. The number of ketones is 1. The number of benzene rings is 1. The van der Waals surface area contributed by atoms with Crippen molar-refractivity contribution in [2.45, 2.75) is 153 Å². The molecule has 0 spiro atoms. The average molecular weight is 978 g/mol. The normalized spacial score (nSPS) is 26.8. The number of rotatable bonds is 26. The van der Waals surface area contributed by atoms with Gasteiger partial charge in [0, 0.05) is 73.5 Å². The van der Waals surface area contributed by atoms with Crippen LogP contribution in [0.1, 0.15) is 104 Å². The highest BCUT2D eigenvalue weighted by Gasteiger charge is 2.51. The molecule has 2 unspecified atom stereocenters. The number of urea groups is 1. The lowest BCUT2D eigenvalue weighted by atomic mass is 9.89. The molecule has 3 aliphatic rings. The number of halogens is 1. The van der Waals surface area contributed by atoms with Crippen molar-refractivity contribution in [2.75, 3.05) is 38.3 Å². The van der Waals surface area contributed by atoms with Crippen LogP contribution in [0, 0.1) is 23.7 Å². The van der Waals surface area contributed by atoms with Gasteiger partial charge in [0.05, 0.1) is 37.2 Å². The number of aliphatic hydroxyl groups excluding tert-OH is 2. The third kappa shape index (κ3) is 15.7. The van der Waals surface area contributed by atoms with E-state index in [-0.39, 0.29) is 79.0 Å². The summed E-state index contributed by atoms with van der Waals surface area (Å²) in [6.45, 7) is 11.1. The molecule has 4 rings (SSSR count). The molecule has 0 radical (unpaired) electrons. The van der Waals surface area contributed by atoms with Crippen LogP contribution in [0.3, 0.4) is 0 Å². The number of imide groups is 1. The van der Waals surface area contributed by atoms with E-state index in [1.807, 2.05) is 39.2 Å². The monoisotopic (exact) mass is 976 g/mol. The standard InChI is InChI=1S/C48H74ClN7O10S/c1-8-13-32-24-35(46(64)54-41(30(5)49)44-43(62)42(61)29(4)47(66-44)67-7)56(6,27-32)26-31-16-18-34(19-17-31)52-45(63)33(14-12-22-51-48(50)65)25-36(57)40(28(2)3)53-37(58)15-10-9-11-23-55-38(59)20-21-39(55)60/h16-21,28-30,32-33,35,40-44,47,61-62H,8-15,22-27H2,1-7H3,(H5-,50,51,52,53,54,58,63,64,65)/p+1/t29-,30+,32-,33-,35+,40+,41?,42-,43-,44-,47-,56?/m1/s1. The van der Waals surface area contributed by atoms with Gasteiger partial charge in [0.15, 0.2) is 11.8 Å². The summed E-state index contributed by atoms with van der Waals surface area (Å²) in [5, 5.41) is 32.8. The lowest BCUT2D eigenvalue weighted by molar-refractivity contribution is -0.926. The van der Waals surface area contributed by atoms with E-state index in [0.29, 0.717) is 54.7 Å². The van der Waals surface area contributed by atoms with Crippen LogP contribution in [0.5, 0.6) is 0 Å². The first-order chi connectivity index (χ1) is 31.7. The number of hydrogen-bond donors (Lipinski definition) is 7. The largest absolute Gasteiger partial charge is 0.390 e. The lowest BCUT2D eigenvalue weighted by Crippen LogP contribution is -2.64. The second kappa shape index (κ2) is 26.1. The molecule has 1 aromatic carbocycles. The number of nitrogens with two attached hydrogens (primary N) is 1. The van der Waals surface area contributed by atoms with E-state index >= 15 is 0 Å². The minimum Gasteiger partial charge on any atom is -0.390 e. The number of quaternary nitrogens is 1. The maximum atomic E-state index is 14.3. The molecule has 0 aromatic heterocycles. The van der Waals surface area contributed by atoms with Gasteiger partial charge in [-0.15, -0.1) is 23.4 Å². The zero-order valence-corrected chi connectivity index (χ0v) is 41.8. The number of hydrogen-bond acceptors (Lipinski definition) is 11. The van der Waals surface area contributed by atoms with Gasteiger partial charge in [-0.3, -0.25) is 33.7 Å². The molecule has 0 aliphatic carbocycles. The summed E-state index contributed by atoms with van der Waals surface area (Å²) in [7, 11) is 2.07. The molecule has 374 valence electrons. The Morgan fingerprint density at radius 3 is 2.25 bits per heavy atom. The van der Waals surface area contributed by atoms with Crippen LogP contribution in [-0.2, 0) is 40.0 Å². The minimum atomic E-state index is -1.23. The van der Waals surface area contributed by atoms with Crippen molar-refractivity contribution in [2.24, 2.45) is 29.4 Å².